The minimum absolute atomic E-state index is 0.0325. The van der Waals surface area contributed by atoms with Crippen LogP contribution in [0.5, 0.6) is 0 Å². The summed E-state index contributed by atoms with van der Waals surface area (Å²) < 4.78 is 5.54. The van der Waals surface area contributed by atoms with E-state index in [0.717, 1.165) is 25.7 Å². The van der Waals surface area contributed by atoms with E-state index in [4.69, 9.17) is 4.74 Å². The molecule has 7 heteroatoms. The van der Waals surface area contributed by atoms with Gasteiger partial charge in [0.1, 0.15) is 12.1 Å². The summed E-state index contributed by atoms with van der Waals surface area (Å²) in [6, 6.07) is 16.4. The van der Waals surface area contributed by atoms with E-state index in [9.17, 15) is 19.5 Å². The number of carboxylic acid groups (broad SMARTS) is 1. The molecule has 0 bridgehead atoms. The molecule has 0 aromatic heterocycles. The van der Waals surface area contributed by atoms with Crippen molar-refractivity contribution >= 4 is 18.0 Å². The Morgan fingerprint density at radius 3 is 2.17 bits per heavy atom. The number of likely N-dealkylation sites (N-methyl/N-ethyl adjacent to an activating group) is 1. The molecule has 186 valence electrons. The van der Waals surface area contributed by atoms with Crippen molar-refractivity contribution < 1.29 is 24.2 Å². The Morgan fingerprint density at radius 1 is 0.971 bits per heavy atom. The first-order chi connectivity index (χ1) is 16.9. The molecule has 2 N–H and O–H groups in total. The van der Waals surface area contributed by atoms with Crippen molar-refractivity contribution in [2.24, 2.45) is 0 Å². The first kappa shape index (κ1) is 24.8. The zero-order chi connectivity index (χ0) is 24.8. The van der Waals surface area contributed by atoms with Gasteiger partial charge in [0, 0.05) is 25.9 Å². The maximum atomic E-state index is 12.5. The highest BCUT2D eigenvalue weighted by Gasteiger charge is 2.46. The highest BCUT2D eigenvalue weighted by molar-refractivity contribution is 5.87. The normalized spacial score (nSPS) is 15.8. The topological polar surface area (TPSA) is 95.9 Å². The lowest BCUT2D eigenvalue weighted by Gasteiger charge is -2.35. The summed E-state index contributed by atoms with van der Waals surface area (Å²) in [6.45, 7) is 0.756. The summed E-state index contributed by atoms with van der Waals surface area (Å²) in [5, 5.41) is 12.4. The van der Waals surface area contributed by atoms with Crippen LogP contribution < -0.4 is 5.32 Å². The molecular weight excluding hydrogens is 444 g/mol. The van der Waals surface area contributed by atoms with Crippen LogP contribution >= 0.6 is 0 Å². The first-order valence-electron chi connectivity index (χ1n) is 12.5. The summed E-state index contributed by atoms with van der Waals surface area (Å²) in [5.74, 6) is -0.998. The number of alkyl carbamates (subject to hydrolysis) is 1. The number of nitrogens with zero attached hydrogens (tertiary/aromatic N) is 1. The number of benzene rings is 2. The molecule has 4 rings (SSSR count). The smallest absolute Gasteiger partial charge is 0.407 e. The lowest BCUT2D eigenvalue weighted by atomic mass is 9.95. The summed E-state index contributed by atoms with van der Waals surface area (Å²) in [5.41, 5.74) is 3.71. The number of rotatable bonds is 10. The number of hydrogen-bond acceptors (Lipinski definition) is 4. The molecule has 0 atom stereocenters. The number of ether oxygens (including phenoxy) is 1. The van der Waals surface area contributed by atoms with E-state index < -0.39 is 17.6 Å². The lowest BCUT2D eigenvalue weighted by Crippen LogP contribution is -2.53. The summed E-state index contributed by atoms with van der Waals surface area (Å²) in [6.07, 6.45) is 4.75. The SMILES string of the molecule is CN(C(=O)CCCCCNC(=O)OCC1c2ccccc2-c2ccccc21)C1(C(=O)O)CCCC1. The molecule has 0 unspecified atom stereocenters. The average Bonchev–Trinajstić information content (AvgIpc) is 3.49. The van der Waals surface area contributed by atoms with Crippen molar-refractivity contribution in [3.8, 4) is 11.1 Å². The van der Waals surface area contributed by atoms with Gasteiger partial charge in [-0.3, -0.25) is 4.79 Å². The van der Waals surface area contributed by atoms with E-state index in [1.165, 1.54) is 27.2 Å². The second-order valence-electron chi connectivity index (χ2n) is 9.56. The summed E-state index contributed by atoms with van der Waals surface area (Å²) >= 11 is 0. The van der Waals surface area contributed by atoms with Gasteiger partial charge in [0.2, 0.25) is 5.91 Å². The van der Waals surface area contributed by atoms with Crippen LogP contribution in [0.3, 0.4) is 0 Å². The number of aliphatic carboxylic acids is 1. The van der Waals surface area contributed by atoms with Gasteiger partial charge < -0.3 is 20.1 Å². The Balaban J connectivity index is 1.15. The monoisotopic (exact) mass is 478 g/mol. The van der Waals surface area contributed by atoms with Gasteiger partial charge in [-0.2, -0.15) is 0 Å². The van der Waals surface area contributed by atoms with E-state index in [1.54, 1.807) is 7.05 Å². The second-order valence-corrected chi connectivity index (χ2v) is 9.56. The number of carboxylic acids is 1. The molecule has 0 saturated heterocycles. The van der Waals surface area contributed by atoms with Gasteiger partial charge in [-0.15, -0.1) is 0 Å². The van der Waals surface area contributed by atoms with Gasteiger partial charge >= 0.3 is 12.1 Å². The van der Waals surface area contributed by atoms with Gasteiger partial charge in [0.05, 0.1) is 0 Å². The second kappa shape index (κ2) is 10.9. The van der Waals surface area contributed by atoms with E-state index in [-0.39, 0.29) is 18.4 Å². The van der Waals surface area contributed by atoms with Gasteiger partial charge in [0.25, 0.3) is 0 Å². The third-order valence-electron chi connectivity index (χ3n) is 7.53. The van der Waals surface area contributed by atoms with Crippen LogP contribution in [0.4, 0.5) is 4.79 Å². The van der Waals surface area contributed by atoms with Crippen molar-refractivity contribution in [3.63, 3.8) is 0 Å². The lowest BCUT2D eigenvalue weighted by molar-refractivity contribution is -0.157. The largest absolute Gasteiger partial charge is 0.479 e. The van der Waals surface area contributed by atoms with Gasteiger partial charge in [-0.1, -0.05) is 67.8 Å². The highest BCUT2D eigenvalue weighted by atomic mass is 16.5. The number of hydrogen-bond donors (Lipinski definition) is 2. The molecule has 1 fully saturated rings. The van der Waals surface area contributed by atoms with Crippen LogP contribution in [0, 0.1) is 0 Å². The van der Waals surface area contributed by atoms with Crippen molar-refractivity contribution in [1.82, 2.24) is 10.2 Å². The number of amides is 2. The van der Waals surface area contributed by atoms with Crippen LogP contribution in [0.15, 0.2) is 48.5 Å². The number of unbranched alkanes of at least 4 members (excludes halogenated alkanes) is 2. The van der Waals surface area contributed by atoms with Crippen molar-refractivity contribution in [2.75, 3.05) is 20.2 Å². The quantitative estimate of drug-likeness (QED) is 0.472. The molecule has 35 heavy (non-hydrogen) atoms. The van der Waals surface area contributed by atoms with Crippen LogP contribution in [-0.4, -0.2) is 53.7 Å². The maximum absolute atomic E-state index is 12.5. The van der Waals surface area contributed by atoms with Crippen LogP contribution in [0.2, 0.25) is 0 Å². The van der Waals surface area contributed by atoms with Crippen LogP contribution in [-0.2, 0) is 14.3 Å². The minimum Gasteiger partial charge on any atom is -0.479 e. The van der Waals surface area contributed by atoms with Crippen molar-refractivity contribution in [2.45, 2.75) is 62.8 Å². The number of fused-ring (bicyclic) bond motifs is 3. The third-order valence-corrected chi connectivity index (χ3v) is 7.53. The molecule has 1 saturated carbocycles. The average molecular weight is 479 g/mol. The van der Waals surface area contributed by atoms with E-state index >= 15 is 0 Å². The Kier molecular flexibility index (Phi) is 7.73. The minimum atomic E-state index is -1.04. The molecule has 0 heterocycles. The number of nitrogens with one attached hydrogen (secondary N) is 1. The predicted octanol–water partition coefficient (Wildman–Crippen LogP) is 4.94. The van der Waals surface area contributed by atoms with E-state index in [1.807, 2.05) is 24.3 Å². The zero-order valence-electron chi connectivity index (χ0n) is 20.3. The number of carbonyl (C=O) groups is 3. The van der Waals surface area contributed by atoms with Crippen molar-refractivity contribution in [1.29, 1.82) is 0 Å². The molecule has 0 aliphatic heterocycles. The van der Waals surface area contributed by atoms with Crippen molar-refractivity contribution in [3.05, 3.63) is 59.7 Å². The highest BCUT2D eigenvalue weighted by Crippen LogP contribution is 2.44. The first-order valence-corrected chi connectivity index (χ1v) is 12.5. The fraction of sp³-hybridized carbons (Fsp3) is 0.464. The fourth-order valence-electron chi connectivity index (χ4n) is 5.48. The summed E-state index contributed by atoms with van der Waals surface area (Å²) in [4.78, 5) is 38.0. The maximum Gasteiger partial charge on any atom is 0.407 e. The Bertz CT molecular complexity index is 1030. The third kappa shape index (κ3) is 5.19. The van der Waals surface area contributed by atoms with E-state index in [0.29, 0.717) is 32.2 Å². The molecule has 2 aliphatic carbocycles. The standard InChI is InChI=1S/C28H34N2O5/c1-30(28(26(32)33)16-8-9-17-28)25(31)15-3-2-10-18-29-27(34)35-19-24-22-13-6-4-11-20(22)21-12-5-7-14-23(21)24/h4-7,11-14,24H,2-3,8-10,15-19H2,1H3,(H,29,34)(H,32,33). The molecule has 2 aliphatic rings. The Hall–Kier alpha value is -3.35. The number of carbonyl (C=O) groups excluding carboxylic acids is 2. The molecule has 2 amide bonds. The van der Waals surface area contributed by atoms with Gasteiger partial charge in [0.15, 0.2) is 0 Å². The fourth-order valence-corrected chi connectivity index (χ4v) is 5.48. The van der Waals surface area contributed by atoms with Crippen LogP contribution in [0.1, 0.15) is 68.4 Å². The zero-order valence-corrected chi connectivity index (χ0v) is 20.3. The molecular formula is C28H34N2O5. The Morgan fingerprint density at radius 2 is 1.57 bits per heavy atom. The van der Waals surface area contributed by atoms with Crippen LogP contribution in [0.25, 0.3) is 11.1 Å². The van der Waals surface area contributed by atoms with Gasteiger partial charge in [-0.25, -0.2) is 9.59 Å². The molecule has 2 aromatic carbocycles. The molecule has 0 radical (unpaired) electrons. The Labute approximate surface area is 206 Å². The summed E-state index contributed by atoms with van der Waals surface area (Å²) in [7, 11) is 1.61. The molecule has 2 aromatic rings. The predicted molar refractivity (Wildman–Crippen MR) is 133 cm³/mol. The van der Waals surface area contributed by atoms with Gasteiger partial charge in [-0.05, 0) is 47.9 Å². The molecule has 7 nitrogen and oxygen atoms in total. The molecule has 0 spiro atoms. The van der Waals surface area contributed by atoms with E-state index in [2.05, 4.69) is 29.6 Å².